The SMILES string of the molecule is CO[N+]1(C)C=CC=C1. The summed E-state index contributed by atoms with van der Waals surface area (Å²) in [6, 6.07) is 0. The standard InChI is InChI=1S/C6H10NO/c1-7(8-2)5-3-4-6-7/h3-6H,1-2H3/q+1. The molecule has 1 aliphatic rings. The minimum atomic E-state index is 0.458. The van der Waals surface area contributed by atoms with Crippen LogP contribution in [0.25, 0.3) is 0 Å². The summed E-state index contributed by atoms with van der Waals surface area (Å²) in [5.41, 5.74) is 0. The Morgan fingerprint density at radius 1 is 1.25 bits per heavy atom. The van der Waals surface area contributed by atoms with Gasteiger partial charge in [-0.25, -0.2) is 0 Å². The van der Waals surface area contributed by atoms with Gasteiger partial charge in [-0.3, -0.25) is 0 Å². The summed E-state index contributed by atoms with van der Waals surface area (Å²) in [6.07, 6.45) is 7.84. The third-order valence-electron chi connectivity index (χ3n) is 1.27. The van der Waals surface area contributed by atoms with E-state index in [9.17, 15) is 0 Å². The zero-order chi connectivity index (χ0) is 6.04. The molecule has 0 bridgehead atoms. The average molecular weight is 112 g/mol. The molecule has 0 saturated heterocycles. The fraction of sp³-hybridized carbons (Fsp3) is 0.333. The predicted molar refractivity (Wildman–Crippen MR) is 31.5 cm³/mol. The van der Waals surface area contributed by atoms with Gasteiger partial charge in [0.2, 0.25) is 0 Å². The molecule has 1 aliphatic heterocycles. The number of hydroxylamine groups is 3. The highest BCUT2D eigenvalue weighted by molar-refractivity contribution is 5.01. The van der Waals surface area contributed by atoms with E-state index in [-0.39, 0.29) is 0 Å². The van der Waals surface area contributed by atoms with E-state index in [0.717, 1.165) is 0 Å². The Morgan fingerprint density at radius 2 is 1.75 bits per heavy atom. The van der Waals surface area contributed by atoms with Gasteiger partial charge >= 0.3 is 0 Å². The maximum atomic E-state index is 5.06. The van der Waals surface area contributed by atoms with Gasteiger partial charge in [-0.15, -0.1) is 4.65 Å². The van der Waals surface area contributed by atoms with E-state index in [0.29, 0.717) is 4.65 Å². The molecule has 0 atom stereocenters. The highest BCUT2D eigenvalue weighted by Gasteiger charge is 2.16. The molecule has 0 fully saturated rings. The molecule has 0 spiro atoms. The van der Waals surface area contributed by atoms with E-state index in [1.165, 1.54) is 0 Å². The molecule has 0 N–H and O–H groups in total. The van der Waals surface area contributed by atoms with E-state index in [1.807, 2.05) is 31.6 Å². The molecule has 0 aromatic rings. The lowest BCUT2D eigenvalue weighted by molar-refractivity contribution is -1.00. The van der Waals surface area contributed by atoms with Crippen LogP contribution in [0.1, 0.15) is 0 Å². The fourth-order valence-electron chi connectivity index (χ4n) is 0.613. The molecule has 0 radical (unpaired) electrons. The van der Waals surface area contributed by atoms with E-state index in [1.54, 1.807) is 7.11 Å². The van der Waals surface area contributed by atoms with Crippen LogP contribution in [0.5, 0.6) is 0 Å². The lowest BCUT2D eigenvalue weighted by atomic mass is 10.6. The summed E-state index contributed by atoms with van der Waals surface area (Å²) >= 11 is 0. The highest BCUT2D eigenvalue weighted by Crippen LogP contribution is 2.10. The van der Waals surface area contributed by atoms with Crippen molar-refractivity contribution >= 4 is 0 Å². The first kappa shape index (κ1) is 5.54. The molecule has 44 valence electrons. The molecule has 2 nitrogen and oxygen atoms in total. The smallest absolute Gasteiger partial charge is 0.133 e. The van der Waals surface area contributed by atoms with Crippen molar-refractivity contribution in [3.8, 4) is 0 Å². The quantitative estimate of drug-likeness (QED) is 0.460. The van der Waals surface area contributed by atoms with Gasteiger partial charge in [-0.1, -0.05) is 0 Å². The summed E-state index contributed by atoms with van der Waals surface area (Å²) < 4.78 is 0.458. The van der Waals surface area contributed by atoms with Gasteiger partial charge in [0.25, 0.3) is 0 Å². The molecule has 0 saturated carbocycles. The predicted octanol–water partition coefficient (Wildman–Crippen LogP) is 1.04. The Morgan fingerprint density at radius 3 is 2.00 bits per heavy atom. The van der Waals surface area contributed by atoms with Crippen LogP contribution in [-0.4, -0.2) is 18.8 Å². The van der Waals surface area contributed by atoms with Crippen molar-refractivity contribution in [2.24, 2.45) is 0 Å². The fourth-order valence-corrected chi connectivity index (χ4v) is 0.613. The van der Waals surface area contributed by atoms with Crippen LogP contribution in [0.3, 0.4) is 0 Å². The topological polar surface area (TPSA) is 9.23 Å². The van der Waals surface area contributed by atoms with Gasteiger partial charge in [-0.05, 0) is 0 Å². The zero-order valence-electron chi connectivity index (χ0n) is 5.16. The van der Waals surface area contributed by atoms with Gasteiger partial charge in [0.1, 0.15) is 19.4 Å². The Labute approximate surface area is 49.2 Å². The molecular formula is C6H10NO+. The monoisotopic (exact) mass is 112 g/mol. The van der Waals surface area contributed by atoms with Crippen molar-refractivity contribution in [3.63, 3.8) is 0 Å². The maximum Gasteiger partial charge on any atom is 0.133 e. The number of quaternary nitrogens is 1. The molecule has 0 amide bonds. The number of hydrogen-bond acceptors (Lipinski definition) is 1. The molecule has 0 unspecified atom stereocenters. The van der Waals surface area contributed by atoms with Crippen LogP contribution in [0.2, 0.25) is 0 Å². The lowest BCUT2D eigenvalue weighted by Gasteiger charge is -2.16. The first-order chi connectivity index (χ1) is 3.77. The highest BCUT2D eigenvalue weighted by atomic mass is 16.7. The molecule has 0 aromatic heterocycles. The summed E-state index contributed by atoms with van der Waals surface area (Å²) in [7, 11) is 3.64. The minimum Gasteiger partial charge on any atom is -0.197 e. The van der Waals surface area contributed by atoms with Gasteiger partial charge in [-0.2, -0.15) is 4.84 Å². The number of nitrogens with zero attached hydrogens (tertiary/aromatic N) is 1. The third-order valence-corrected chi connectivity index (χ3v) is 1.27. The molecular weight excluding hydrogens is 102 g/mol. The Hall–Kier alpha value is -0.600. The zero-order valence-corrected chi connectivity index (χ0v) is 5.16. The van der Waals surface area contributed by atoms with Crippen molar-refractivity contribution in [2.45, 2.75) is 0 Å². The van der Waals surface area contributed by atoms with Crippen LogP contribution in [0, 0.1) is 0 Å². The van der Waals surface area contributed by atoms with E-state index < -0.39 is 0 Å². The van der Waals surface area contributed by atoms with Crippen molar-refractivity contribution in [1.29, 1.82) is 0 Å². The maximum absolute atomic E-state index is 5.06. The van der Waals surface area contributed by atoms with Gasteiger partial charge in [0.05, 0.1) is 7.11 Å². The van der Waals surface area contributed by atoms with Gasteiger partial charge in [0.15, 0.2) is 0 Å². The third kappa shape index (κ3) is 0.804. The lowest BCUT2D eigenvalue weighted by Crippen LogP contribution is -2.28. The summed E-state index contributed by atoms with van der Waals surface area (Å²) in [5.74, 6) is 0. The van der Waals surface area contributed by atoms with Crippen LogP contribution < -0.4 is 0 Å². The van der Waals surface area contributed by atoms with Gasteiger partial charge < -0.3 is 0 Å². The molecule has 0 aliphatic carbocycles. The van der Waals surface area contributed by atoms with Crippen LogP contribution >= 0.6 is 0 Å². The van der Waals surface area contributed by atoms with E-state index >= 15 is 0 Å². The van der Waals surface area contributed by atoms with Crippen LogP contribution in [0.15, 0.2) is 24.6 Å². The van der Waals surface area contributed by atoms with E-state index in [2.05, 4.69) is 0 Å². The summed E-state index contributed by atoms with van der Waals surface area (Å²) in [5, 5.41) is 0. The van der Waals surface area contributed by atoms with Crippen LogP contribution in [-0.2, 0) is 4.84 Å². The molecule has 8 heavy (non-hydrogen) atoms. The Balaban J connectivity index is 2.69. The molecule has 2 heteroatoms. The molecule has 1 heterocycles. The van der Waals surface area contributed by atoms with Crippen molar-refractivity contribution < 1.29 is 9.48 Å². The molecule has 0 aromatic carbocycles. The average Bonchev–Trinajstić information content (AvgIpc) is 2.17. The largest absolute Gasteiger partial charge is 0.197 e. The second kappa shape index (κ2) is 1.73. The second-order valence-corrected chi connectivity index (χ2v) is 1.92. The van der Waals surface area contributed by atoms with Crippen LogP contribution in [0.4, 0.5) is 0 Å². The minimum absolute atomic E-state index is 0.458. The number of rotatable bonds is 1. The van der Waals surface area contributed by atoms with Crippen molar-refractivity contribution in [2.75, 3.05) is 14.2 Å². The van der Waals surface area contributed by atoms with Gasteiger partial charge in [0, 0.05) is 12.2 Å². The van der Waals surface area contributed by atoms with E-state index in [4.69, 9.17) is 4.84 Å². The molecule has 1 rings (SSSR count). The first-order valence-corrected chi connectivity index (χ1v) is 2.55. The normalized spacial score (nSPS) is 22.2. The number of allylic oxidation sites excluding steroid dienone is 2. The number of hydrogen-bond donors (Lipinski definition) is 0. The summed E-state index contributed by atoms with van der Waals surface area (Å²) in [6.45, 7) is 0. The Kier molecular flexibility index (Phi) is 1.19. The Bertz CT molecular complexity index is 125. The second-order valence-electron chi connectivity index (χ2n) is 1.92. The van der Waals surface area contributed by atoms with Crippen molar-refractivity contribution in [1.82, 2.24) is 0 Å². The van der Waals surface area contributed by atoms with Crippen molar-refractivity contribution in [3.05, 3.63) is 24.6 Å². The first-order valence-electron chi connectivity index (χ1n) is 2.55. The summed E-state index contributed by atoms with van der Waals surface area (Å²) in [4.78, 5) is 5.06.